The van der Waals surface area contributed by atoms with Gasteiger partial charge in [-0.05, 0) is 87.7 Å². The number of hydrogen-bond acceptors (Lipinski definition) is 3. The topological polar surface area (TPSA) is 32.8 Å². The molecule has 138 valence electrons. The highest BCUT2D eigenvalue weighted by molar-refractivity contribution is 6.30. The Labute approximate surface area is 156 Å². The van der Waals surface area contributed by atoms with Gasteiger partial charge < -0.3 is 14.5 Å². The molecule has 0 radical (unpaired) electrons. The lowest BCUT2D eigenvalue weighted by Gasteiger charge is -2.32. The maximum absolute atomic E-state index is 12.2. The summed E-state index contributed by atoms with van der Waals surface area (Å²) in [6.07, 6.45) is 7.48. The molecule has 1 aliphatic carbocycles. The largest absolute Gasteiger partial charge is 0.414 e. The fourth-order valence-electron chi connectivity index (χ4n) is 4.07. The Morgan fingerprint density at radius 3 is 2.36 bits per heavy atom. The van der Waals surface area contributed by atoms with Crippen LogP contribution < -0.4 is 4.74 Å². The van der Waals surface area contributed by atoms with Crippen molar-refractivity contribution in [2.24, 2.45) is 11.8 Å². The van der Waals surface area contributed by atoms with Crippen molar-refractivity contribution in [3.8, 4) is 5.75 Å². The van der Waals surface area contributed by atoms with Gasteiger partial charge >= 0.3 is 6.09 Å². The molecule has 5 heteroatoms. The summed E-state index contributed by atoms with van der Waals surface area (Å²) in [6, 6.07) is 6.90. The second-order valence-corrected chi connectivity index (χ2v) is 8.03. The van der Waals surface area contributed by atoms with E-state index in [1.165, 1.54) is 58.2 Å². The number of nitrogens with zero attached hydrogens (tertiary/aromatic N) is 2. The number of carbonyl (C=O) groups excluding carboxylic acids is 1. The van der Waals surface area contributed by atoms with E-state index in [1.54, 1.807) is 29.2 Å². The Morgan fingerprint density at radius 1 is 1.12 bits per heavy atom. The van der Waals surface area contributed by atoms with E-state index < -0.39 is 0 Å². The van der Waals surface area contributed by atoms with Crippen molar-refractivity contribution in [1.29, 1.82) is 0 Å². The third kappa shape index (κ3) is 5.61. The van der Waals surface area contributed by atoms with Crippen LogP contribution in [0.4, 0.5) is 4.79 Å². The third-order valence-corrected chi connectivity index (χ3v) is 5.80. The predicted octanol–water partition coefficient (Wildman–Crippen LogP) is 4.67. The van der Waals surface area contributed by atoms with Gasteiger partial charge in [-0.25, -0.2) is 4.79 Å². The zero-order chi connectivity index (χ0) is 17.6. The number of halogens is 1. The smallest absolute Gasteiger partial charge is 0.410 e. The van der Waals surface area contributed by atoms with Crippen molar-refractivity contribution in [2.75, 3.05) is 33.2 Å². The van der Waals surface area contributed by atoms with E-state index >= 15 is 0 Å². The van der Waals surface area contributed by atoms with Gasteiger partial charge in [0.2, 0.25) is 0 Å². The van der Waals surface area contributed by atoms with E-state index in [2.05, 4.69) is 4.90 Å². The van der Waals surface area contributed by atoms with Crippen LogP contribution in [0.25, 0.3) is 0 Å². The fourth-order valence-corrected chi connectivity index (χ4v) is 4.20. The molecule has 3 rings (SSSR count). The van der Waals surface area contributed by atoms with Gasteiger partial charge in [0.1, 0.15) is 5.75 Å². The summed E-state index contributed by atoms with van der Waals surface area (Å²) in [7, 11) is 1.83. The molecule has 0 spiro atoms. The first kappa shape index (κ1) is 18.5. The van der Waals surface area contributed by atoms with Crippen molar-refractivity contribution < 1.29 is 9.53 Å². The molecular formula is C20H29ClN2O2. The van der Waals surface area contributed by atoms with Crippen LogP contribution in [0.15, 0.2) is 24.3 Å². The second kappa shape index (κ2) is 8.91. The van der Waals surface area contributed by atoms with Crippen molar-refractivity contribution in [3.05, 3.63) is 29.3 Å². The summed E-state index contributed by atoms with van der Waals surface area (Å²) >= 11 is 5.85. The summed E-state index contributed by atoms with van der Waals surface area (Å²) in [6.45, 7) is 4.64. The molecule has 0 N–H and O–H groups in total. The van der Waals surface area contributed by atoms with Crippen LogP contribution in [0.1, 0.15) is 38.5 Å². The number of rotatable bonds is 5. The van der Waals surface area contributed by atoms with E-state index in [0.717, 1.165) is 12.5 Å². The zero-order valence-corrected chi connectivity index (χ0v) is 15.9. The maximum atomic E-state index is 12.2. The normalized spacial score (nSPS) is 24.2. The lowest BCUT2D eigenvalue weighted by Crippen LogP contribution is -2.36. The molecular weight excluding hydrogens is 336 g/mol. The van der Waals surface area contributed by atoms with E-state index in [1.807, 2.05) is 7.05 Å². The first-order valence-corrected chi connectivity index (χ1v) is 9.89. The number of hydrogen-bond donors (Lipinski definition) is 0. The molecule has 1 aromatic rings. The number of carbonyl (C=O) groups is 1. The molecule has 1 heterocycles. The van der Waals surface area contributed by atoms with Gasteiger partial charge in [-0.1, -0.05) is 11.6 Å². The Hall–Kier alpha value is -1.26. The van der Waals surface area contributed by atoms with Gasteiger partial charge in [-0.2, -0.15) is 0 Å². The molecule has 1 saturated carbocycles. The number of ether oxygens (including phenoxy) is 1. The standard InChI is InChI=1S/C20H29ClN2O2/c1-22(20(24)25-19-10-8-18(21)9-11-19)14-16-4-6-17(7-5-16)15-23-12-2-3-13-23/h8-11,16-17H,2-7,12-15H2,1H3. The van der Waals surface area contributed by atoms with E-state index in [-0.39, 0.29) is 6.09 Å². The lowest BCUT2D eigenvalue weighted by molar-refractivity contribution is 0.140. The van der Waals surface area contributed by atoms with Gasteiger partial charge in [-0.3, -0.25) is 0 Å². The molecule has 0 unspecified atom stereocenters. The van der Waals surface area contributed by atoms with Gasteiger partial charge in [0.05, 0.1) is 0 Å². The average molecular weight is 365 g/mol. The second-order valence-electron chi connectivity index (χ2n) is 7.60. The summed E-state index contributed by atoms with van der Waals surface area (Å²) in [5.74, 6) is 1.98. The van der Waals surface area contributed by atoms with Crippen molar-refractivity contribution in [1.82, 2.24) is 9.80 Å². The summed E-state index contributed by atoms with van der Waals surface area (Å²) in [4.78, 5) is 16.6. The molecule has 25 heavy (non-hydrogen) atoms. The highest BCUT2D eigenvalue weighted by Crippen LogP contribution is 2.30. The van der Waals surface area contributed by atoms with Crippen LogP contribution in [0, 0.1) is 11.8 Å². The molecule has 1 aliphatic heterocycles. The molecule has 2 aliphatic rings. The number of likely N-dealkylation sites (tertiary alicyclic amines) is 1. The van der Waals surface area contributed by atoms with Gasteiger partial charge in [-0.15, -0.1) is 0 Å². The minimum atomic E-state index is -0.290. The van der Waals surface area contributed by atoms with Crippen LogP contribution in [0.5, 0.6) is 5.75 Å². The van der Waals surface area contributed by atoms with E-state index in [9.17, 15) is 4.79 Å². The maximum Gasteiger partial charge on any atom is 0.414 e. The van der Waals surface area contributed by atoms with Gasteiger partial charge in [0, 0.05) is 25.2 Å². The molecule has 1 aromatic carbocycles. The minimum absolute atomic E-state index is 0.290. The summed E-state index contributed by atoms with van der Waals surface area (Å²) < 4.78 is 5.40. The highest BCUT2D eigenvalue weighted by atomic mass is 35.5. The molecule has 1 saturated heterocycles. The van der Waals surface area contributed by atoms with Crippen LogP contribution in [-0.4, -0.2) is 49.1 Å². The van der Waals surface area contributed by atoms with Crippen molar-refractivity contribution in [2.45, 2.75) is 38.5 Å². The van der Waals surface area contributed by atoms with E-state index in [0.29, 0.717) is 16.7 Å². The molecule has 2 fully saturated rings. The average Bonchev–Trinajstić information content (AvgIpc) is 3.11. The molecule has 1 amide bonds. The molecule has 0 atom stereocenters. The monoisotopic (exact) mass is 364 g/mol. The quantitative estimate of drug-likeness (QED) is 0.760. The predicted molar refractivity (Wildman–Crippen MR) is 101 cm³/mol. The lowest BCUT2D eigenvalue weighted by atomic mass is 9.81. The Balaban J connectivity index is 1.38. The summed E-state index contributed by atoms with van der Waals surface area (Å²) in [5, 5.41) is 0.638. The van der Waals surface area contributed by atoms with Crippen LogP contribution in [0.2, 0.25) is 5.02 Å². The summed E-state index contributed by atoms with van der Waals surface area (Å²) in [5.41, 5.74) is 0. The first-order valence-electron chi connectivity index (χ1n) is 9.51. The van der Waals surface area contributed by atoms with Crippen molar-refractivity contribution >= 4 is 17.7 Å². The van der Waals surface area contributed by atoms with Crippen LogP contribution in [0.3, 0.4) is 0 Å². The fraction of sp³-hybridized carbons (Fsp3) is 0.650. The van der Waals surface area contributed by atoms with Gasteiger partial charge in [0.15, 0.2) is 0 Å². The van der Waals surface area contributed by atoms with Crippen LogP contribution >= 0.6 is 11.6 Å². The number of amides is 1. The number of benzene rings is 1. The molecule has 4 nitrogen and oxygen atoms in total. The third-order valence-electron chi connectivity index (χ3n) is 5.54. The minimum Gasteiger partial charge on any atom is -0.410 e. The Morgan fingerprint density at radius 2 is 1.72 bits per heavy atom. The van der Waals surface area contributed by atoms with Crippen LogP contribution in [-0.2, 0) is 0 Å². The van der Waals surface area contributed by atoms with Crippen molar-refractivity contribution in [3.63, 3.8) is 0 Å². The Kier molecular flexibility index (Phi) is 6.60. The Bertz CT molecular complexity index is 549. The molecule has 0 aromatic heterocycles. The van der Waals surface area contributed by atoms with Gasteiger partial charge in [0.25, 0.3) is 0 Å². The molecule has 0 bridgehead atoms. The first-order chi connectivity index (χ1) is 12.1. The highest BCUT2D eigenvalue weighted by Gasteiger charge is 2.26. The van der Waals surface area contributed by atoms with E-state index in [4.69, 9.17) is 16.3 Å². The SMILES string of the molecule is CN(CC1CCC(CN2CCCC2)CC1)C(=O)Oc1ccc(Cl)cc1. The zero-order valence-electron chi connectivity index (χ0n) is 15.1.